The lowest BCUT2D eigenvalue weighted by Gasteiger charge is -2.29. The van der Waals surface area contributed by atoms with E-state index in [1.165, 1.54) is 24.3 Å². The van der Waals surface area contributed by atoms with Crippen molar-refractivity contribution in [3.63, 3.8) is 0 Å². The lowest BCUT2D eigenvalue weighted by Crippen LogP contribution is -2.50. The van der Waals surface area contributed by atoms with E-state index in [0.717, 1.165) is 5.56 Å². The summed E-state index contributed by atoms with van der Waals surface area (Å²) in [6.07, 6.45) is -4.65. The Hall–Kier alpha value is -2.82. The van der Waals surface area contributed by atoms with E-state index in [1.807, 2.05) is 6.07 Å². The zero-order valence-corrected chi connectivity index (χ0v) is 15.9. The molecule has 1 aliphatic rings. The molecule has 160 valence electrons. The number of aliphatic hydroxyl groups is 4. The fourth-order valence-corrected chi connectivity index (χ4v) is 3.10. The molecule has 0 amide bonds. The van der Waals surface area contributed by atoms with Gasteiger partial charge in [-0.25, -0.2) is 9.59 Å². The molecule has 4 atom stereocenters. The molecular weight excluding hydrogens is 396 g/mol. The van der Waals surface area contributed by atoms with Gasteiger partial charge in [0.25, 0.3) is 5.79 Å². The number of carbonyl (C=O) groups is 2. The Labute approximate surface area is 172 Å². The number of hydrogen-bond donors (Lipinski definition) is 4. The third-order valence-electron chi connectivity index (χ3n) is 4.75. The zero-order chi connectivity index (χ0) is 21.7. The minimum absolute atomic E-state index is 0.00414. The zero-order valence-electron chi connectivity index (χ0n) is 15.9. The number of benzene rings is 2. The average molecular weight is 418 g/mol. The lowest BCUT2D eigenvalue weighted by atomic mass is 10.0. The Morgan fingerprint density at radius 3 is 2.10 bits per heavy atom. The average Bonchev–Trinajstić information content (AvgIpc) is 3.03. The van der Waals surface area contributed by atoms with Crippen LogP contribution in [0.25, 0.3) is 0 Å². The fraction of sp³-hybridized carbons (Fsp3) is 0.333. The third-order valence-corrected chi connectivity index (χ3v) is 4.75. The van der Waals surface area contributed by atoms with E-state index in [1.54, 1.807) is 24.3 Å². The van der Waals surface area contributed by atoms with Crippen molar-refractivity contribution in [2.24, 2.45) is 0 Å². The molecule has 1 saturated heterocycles. The highest BCUT2D eigenvalue weighted by atomic mass is 16.8. The summed E-state index contributed by atoms with van der Waals surface area (Å²) in [6.45, 7) is -1.65. The first kappa shape index (κ1) is 21.9. The monoisotopic (exact) mass is 418 g/mol. The molecule has 2 aromatic carbocycles. The molecular formula is C21H22O9. The predicted molar refractivity (Wildman–Crippen MR) is 101 cm³/mol. The predicted octanol–water partition coefficient (Wildman–Crippen LogP) is 0.00190. The smallest absolute Gasteiger partial charge is 0.341 e. The number of rotatable bonds is 7. The maximum atomic E-state index is 12.7. The summed E-state index contributed by atoms with van der Waals surface area (Å²) in [4.78, 5) is 25.2. The van der Waals surface area contributed by atoms with Gasteiger partial charge in [0.1, 0.15) is 25.4 Å². The number of ether oxygens (including phenoxy) is 3. The van der Waals surface area contributed by atoms with Gasteiger partial charge in [0.15, 0.2) is 6.10 Å². The van der Waals surface area contributed by atoms with E-state index in [9.17, 15) is 30.0 Å². The van der Waals surface area contributed by atoms with Crippen molar-refractivity contribution < 1.29 is 44.2 Å². The van der Waals surface area contributed by atoms with E-state index in [4.69, 9.17) is 14.2 Å². The van der Waals surface area contributed by atoms with Crippen molar-refractivity contribution >= 4 is 11.9 Å². The van der Waals surface area contributed by atoms with Crippen LogP contribution >= 0.6 is 0 Å². The van der Waals surface area contributed by atoms with Gasteiger partial charge >= 0.3 is 11.9 Å². The summed E-state index contributed by atoms with van der Waals surface area (Å²) in [5.74, 6) is -4.14. The van der Waals surface area contributed by atoms with Gasteiger partial charge in [0.2, 0.25) is 0 Å². The van der Waals surface area contributed by atoms with Gasteiger partial charge < -0.3 is 34.6 Å². The van der Waals surface area contributed by atoms with Crippen molar-refractivity contribution in [2.45, 2.75) is 30.7 Å². The second kappa shape index (κ2) is 9.33. The molecule has 30 heavy (non-hydrogen) atoms. The molecule has 0 saturated carbocycles. The maximum Gasteiger partial charge on any atom is 0.341 e. The normalized spacial score (nSPS) is 25.7. The maximum absolute atomic E-state index is 12.7. The van der Waals surface area contributed by atoms with E-state index < -0.39 is 49.3 Å². The molecule has 0 aliphatic carbocycles. The van der Waals surface area contributed by atoms with Crippen LogP contribution in [0.3, 0.4) is 0 Å². The Morgan fingerprint density at radius 2 is 1.53 bits per heavy atom. The molecule has 9 nitrogen and oxygen atoms in total. The van der Waals surface area contributed by atoms with Crippen LogP contribution in [0.1, 0.15) is 26.3 Å². The Kier molecular flexibility index (Phi) is 6.80. The molecule has 3 rings (SSSR count). The highest BCUT2D eigenvalue weighted by molar-refractivity contribution is 6.03. The van der Waals surface area contributed by atoms with Gasteiger partial charge in [-0.3, -0.25) is 0 Å². The van der Waals surface area contributed by atoms with Crippen LogP contribution in [0.4, 0.5) is 0 Å². The minimum atomic E-state index is -2.29. The largest absolute Gasteiger partial charge is 0.457 e. The van der Waals surface area contributed by atoms with Crippen molar-refractivity contribution in [1.29, 1.82) is 0 Å². The Morgan fingerprint density at radius 1 is 0.933 bits per heavy atom. The first-order chi connectivity index (χ1) is 14.4. The van der Waals surface area contributed by atoms with Crippen molar-refractivity contribution in [1.82, 2.24) is 0 Å². The summed E-state index contributed by atoms with van der Waals surface area (Å²) >= 11 is 0. The van der Waals surface area contributed by atoms with Crippen LogP contribution in [0.5, 0.6) is 0 Å². The highest BCUT2D eigenvalue weighted by Crippen LogP contribution is 2.33. The van der Waals surface area contributed by atoms with E-state index >= 15 is 0 Å². The van der Waals surface area contributed by atoms with Gasteiger partial charge in [-0.15, -0.1) is 0 Å². The molecule has 0 radical (unpaired) electrons. The standard InChI is InChI=1S/C21H22O9/c22-10-16-17(24)18(25)21(12-23,29-16)30-20(27)15-9-5-4-8-14(15)19(26)28-11-13-6-2-1-3-7-13/h1-9,16-18,22-25H,10-12H2/t16-,17-,18-,21?/m1/s1. The number of carbonyl (C=O) groups excluding carboxylic acids is 2. The van der Waals surface area contributed by atoms with Crippen molar-refractivity contribution in [3.8, 4) is 0 Å². The first-order valence-electron chi connectivity index (χ1n) is 9.21. The summed E-state index contributed by atoms with van der Waals surface area (Å²) in [7, 11) is 0. The molecule has 0 spiro atoms. The van der Waals surface area contributed by atoms with Crippen LogP contribution in [-0.2, 0) is 20.8 Å². The Bertz CT molecular complexity index is 885. The molecule has 2 aromatic rings. The Balaban J connectivity index is 1.77. The highest BCUT2D eigenvalue weighted by Gasteiger charge is 2.57. The number of aliphatic hydroxyl groups excluding tert-OH is 4. The molecule has 1 heterocycles. The van der Waals surface area contributed by atoms with Crippen LogP contribution in [-0.4, -0.2) is 69.7 Å². The second-order valence-electron chi connectivity index (χ2n) is 6.74. The summed E-state index contributed by atoms with van der Waals surface area (Å²) in [5, 5.41) is 39.0. The van der Waals surface area contributed by atoms with Gasteiger partial charge in [-0.2, -0.15) is 0 Å². The molecule has 0 bridgehead atoms. The van der Waals surface area contributed by atoms with E-state index in [2.05, 4.69) is 0 Å². The van der Waals surface area contributed by atoms with Gasteiger partial charge in [0.05, 0.1) is 17.7 Å². The second-order valence-corrected chi connectivity index (χ2v) is 6.74. The minimum Gasteiger partial charge on any atom is -0.457 e. The molecule has 9 heteroatoms. The number of esters is 2. The van der Waals surface area contributed by atoms with Gasteiger partial charge in [-0.05, 0) is 17.7 Å². The van der Waals surface area contributed by atoms with Crippen molar-refractivity contribution in [2.75, 3.05) is 13.2 Å². The molecule has 1 unspecified atom stereocenters. The number of hydrogen-bond acceptors (Lipinski definition) is 9. The fourth-order valence-electron chi connectivity index (χ4n) is 3.10. The lowest BCUT2D eigenvalue weighted by molar-refractivity contribution is -0.247. The SMILES string of the molecule is O=C(OCc1ccccc1)c1ccccc1C(=O)OC1(CO)O[C@H](CO)[C@@H](O)[C@H]1O. The van der Waals surface area contributed by atoms with Crippen LogP contribution in [0, 0.1) is 0 Å². The molecule has 1 fully saturated rings. The van der Waals surface area contributed by atoms with Crippen LogP contribution in [0.2, 0.25) is 0 Å². The van der Waals surface area contributed by atoms with E-state index in [-0.39, 0.29) is 17.7 Å². The summed E-state index contributed by atoms with van der Waals surface area (Å²) in [6, 6.07) is 14.7. The molecule has 0 aromatic heterocycles. The summed E-state index contributed by atoms with van der Waals surface area (Å²) in [5.41, 5.74) is 0.496. The van der Waals surface area contributed by atoms with Crippen molar-refractivity contribution in [3.05, 3.63) is 71.3 Å². The topological polar surface area (TPSA) is 143 Å². The molecule has 4 N–H and O–H groups in total. The quantitative estimate of drug-likeness (QED) is 0.457. The van der Waals surface area contributed by atoms with Crippen LogP contribution in [0.15, 0.2) is 54.6 Å². The first-order valence-corrected chi connectivity index (χ1v) is 9.21. The molecule has 1 aliphatic heterocycles. The van der Waals surface area contributed by atoms with E-state index in [0.29, 0.717) is 0 Å². The van der Waals surface area contributed by atoms with Gasteiger partial charge in [-0.1, -0.05) is 42.5 Å². The van der Waals surface area contributed by atoms with Crippen LogP contribution < -0.4 is 0 Å². The van der Waals surface area contributed by atoms with Gasteiger partial charge in [0, 0.05) is 0 Å². The third kappa shape index (κ3) is 4.35. The summed E-state index contributed by atoms with van der Waals surface area (Å²) < 4.78 is 15.6.